The van der Waals surface area contributed by atoms with Crippen LogP contribution in [0.2, 0.25) is 0 Å². The highest BCUT2D eigenvalue weighted by Gasteiger charge is 2.18. The summed E-state index contributed by atoms with van der Waals surface area (Å²) in [6, 6.07) is 16.6. The van der Waals surface area contributed by atoms with Gasteiger partial charge in [-0.2, -0.15) is 11.8 Å². The van der Waals surface area contributed by atoms with Gasteiger partial charge in [0.1, 0.15) is 5.75 Å². The van der Waals surface area contributed by atoms with Gasteiger partial charge in [0.05, 0.1) is 18.6 Å². The average Bonchev–Trinajstić information content (AvgIpc) is 2.79. The second-order valence-corrected chi connectivity index (χ2v) is 8.86. The molecule has 6 heteroatoms. The Hall–Kier alpha value is -2.18. The maximum atomic E-state index is 11.8. The lowest BCUT2D eigenvalue weighted by Gasteiger charge is -2.36. The van der Waals surface area contributed by atoms with Crippen molar-refractivity contribution in [1.82, 2.24) is 4.90 Å². The summed E-state index contributed by atoms with van der Waals surface area (Å²) in [5.74, 6) is 1.52. The molecule has 1 amide bonds. The van der Waals surface area contributed by atoms with Crippen molar-refractivity contribution in [1.29, 1.82) is 0 Å². The highest BCUT2D eigenvalue weighted by atomic mass is 32.2. The van der Waals surface area contributed by atoms with E-state index in [2.05, 4.69) is 39.4 Å². The van der Waals surface area contributed by atoms with E-state index in [0.29, 0.717) is 5.75 Å². The predicted octanol–water partition coefficient (Wildman–Crippen LogP) is 4.53. The molecule has 0 atom stereocenters. The van der Waals surface area contributed by atoms with Crippen molar-refractivity contribution in [3.63, 3.8) is 0 Å². The molecule has 0 spiro atoms. The summed E-state index contributed by atoms with van der Waals surface area (Å²) in [6.07, 6.45) is 6.65. The molecule has 1 aliphatic rings. The van der Waals surface area contributed by atoms with Gasteiger partial charge in [0, 0.05) is 31.9 Å². The van der Waals surface area contributed by atoms with Crippen LogP contribution in [0.15, 0.2) is 48.5 Å². The molecule has 3 rings (SSSR count). The highest BCUT2D eigenvalue weighted by Crippen LogP contribution is 2.28. The smallest absolute Gasteiger partial charge is 0.234 e. The van der Waals surface area contributed by atoms with Crippen LogP contribution in [0.25, 0.3) is 0 Å². The molecule has 2 aromatic rings. The van der Waals surface area contributed by atoms with Gasteiger partial charge < -0.3 is 15.0 Å². The maximum Gasteiger partial charge on any atom is 0.234 e. The molecule has 1 saturated heterocycles. The Bertz CT molecular complexity index is 822. The number of carbonyl (C=O) groups excluding carboxylic acids is 1. The van der Waals surface area contributed by atoms with Crippen LogP contribution in [0.1, 0.15) is 24.8 Å². The van der Waals surface area contributed by atoms with Crippen LogP contribution < -0.4 is 15.0 Å². The number of carbonyl (C=O) groups is 1. The van der Waals surface area contributed by atoms with Crippen molar-refractivity contribution in [2.24, 2.45) is 0 Å². The summed E-state index contributed by atoms with van der Waals surface area (Å²) in [5.41, 5.74) is 3.41. The number of nitrogens with zero attached hydrogens (tertiary/aromatic N) is 2. The van der Waals surface area contributed by atoms with Crippen LogP contribution in [0.4, 0.5) is 11.4 Å². The lowest BCUT2D eigenvalue weighted by atomic mass is 10.1. The van der Waals surface area contributed by atoms with Crippen LogP contribution >= 0.6 is 11.8 Å². The van der Waals surface area contributed by atoms with Gasteiger partial charge in [-0.25, -0.2) is 0 Å². The topological polar surface area (TPSA) is 44.8 Å². The van der Waals surface area contributed by atoms with Gasteiger partial charge in [-0.15, -0.1) is 0 Å². The molecule has 1 fully saturated rings. The molecule has 1 N–H and O–H groups in total. The SMILES string of the molecule is COc1ccccc1N1CCN(CCCCCc2cccc(NC(=O)CSC)c2)CC1. The van der Waals surface area contributed by atoms with Gasteiger partial charge >= 0.3 is 0 Å². The first-order chi connectivity index (χ1) is 15.2. The van der Waals surface area contributed by atoms with Crippen LogP contribution in [0, 0.1) is 0 Å². The van der Waals surface area contributed by atoms with E-state index in [0.717, 1.165) is 44.0 Å². The predicted molar refractivity (Wildman–Crippen MR) is 133 cm³/mol. The number of benzene rings is 2. The largest absolute Gasteiger partial charge is 0.495 e. The second kappa shape index (κ2) is 12.6. The number of piperazine rings is 1. The number of para-hydroxylation sites is 2. The number of anilines is 2. The zero-order chi connectivity index (χ0) is 21.9. The monoisotopic (exact) mass is 441 g/mol. The van der Waals surface area contributed by atoms with E-state index in [4.69, 9.17) is 4.74 Å². The normalized spacial score (nSPS) is 14.5. The fourth-order valence-electron chi connectivity index (χ4n) is 4.08. The van der Waals surface area contributed by atoms with Crippen molar-refractivity contribution in [3.05, 3.63) is 54.1 Å². The minimum absolute atomic E-state index is 0.0652. The van der Waals surface area contributed by atoms with Gasteiger partial charge in [-0.3, -0.25) is 9.69 Å². The van der Waals surface area contributed by atoms with Crippen molar-refractivity contribution < 1.29 is 9.53 Å². The third kappa shape index (κ3) is 7.47. The van der Waals surface area contributed by atoms with Crippen molar-refractivity contribution in [3.8, 4) is 5.75 Å². The first kappa shape index (κ1) is 23.5. The molecule has 0 aromatic heterocycles. The van der Waals surface area contributed by atoms with Crippen LogP contribution in [0.5, 0.6) is 5.75 Å². The number of amides is 1. The van der Waals surface area contributed by atoms with E-state index in [-0.39, 0.29) is 5.91 Å². The highest BCUT2D eigenvalue weighted by molar-refractivity contribution is 7.99. The number of hydrogen-bond acceptors (Lipinski definition) is 5. The van der Waals surface area contributed by atoms with Crippen LogP contribution in [0.3, 0.4) is 0 Å². The van der Waals surface area contributed by atoms with Crippen molar-refractivity contribution in [2.45, 2.75) is 25.7 Å². The molecule has 31 heavy (non-hydrogen) atoms. The molecular formula is C25H35N3O2S. The molecule has 5 nitrogen and oxygen atoms in total. The fourth-order valence-corrected chi connectivity index (χ4v) is 4.41. The summed E-state index contributed by atoms with van der Waals surface area (Å²) in [5, 5.41) is 2.97. The Morgan fingerprint density at radius 2 is 1.84 bits per heavy atom. The van der Waals surface area contributed by atoms with Gasteiger partial charge in [0.15, 0.2) is 0 Å². The number of nitrogens with one attached hydrogen (secondary N) is 1. The summed E-state index contributed by atoms with van der Waals surface area (Å²) < 4.78 is 5.51. The third-order valence-corrected chi connectivity index (χ3v) is 6.27. The van der Waals surface area contributed by atoms with Crippen molar-refractivity contribution >= 4 is 29.0 Å². The fraction of sp³-hybridized carbons (Fsp3) is 0.480. The average molecular weight is 442 g/mol. The van der Waals surface area contributed by atoms with Crippen molar-refractivity contribution in [2.75, 3.05) is 62.1 Å². The number of aryl methyl sites for hydroxylation is 1. The molecule has 168 valence electrons. The van der Waals surface area contributed by atoms with Gasteiger partial charge in [-0.05, 0) is 61.9 Å². The molecule has 0 unspecified atom stereocenters. The Morgan fingerprint density at radius 1 is 1.03 bits per heavy atom. The number of thioether (sulfide) groups is 1. The molecular weight excluding hydrogens is 406 g/mol. The standard InChI is InChI=1S/C25H35N3O2S/c1-30-24-13-6-5-12-23(24)28-17-15-27(16-18-28)14-7-3-4-9-21-10-8-11-22(19-21)26-25(29)20-31-2/h5-6,8,10-13,19H,3-4,7,9,14-18,20H2,1-2H3,(H,26,29). The number of unbranched alkanes of at least 4 members (excludes halogenated alkanes) is 2. The number of rotatable bonds is 11. The maximum absolute atomic E-state index is 11.8. The Balaban J connectivity index is 1.33. The zero-order valence-electron chi connectivity index (χ0n) is 18.8. The number of methoxy groups -OCH3 is 1. The van der Waals surface area contributed by atoms with Crippen LogP contribution in [-0.4, -0.2) is 62.6 Å². The summed E-state index contributed by atoms with van der Waals surface area (Å²) in [6.45, 7) is 5.49. The van der Waals surface area contributed by atoms with Gasteiger partial charge in [0.25, 0.3) is 0 Å². The summed E-state index contributed by atoms with van der Waals surface area (Å²) >= 11 is 1.54. The molecule has 2 aromatic carbocycles. The molecule has 0 aliphatic carbocycles. The van der Waals surface area contributed by atoms with E-state index in [9.17, 15) is 4.79 Å². The number of ether oxygens (including phenoxy) is 1. The van der Waals surface area contributed by atoms with E-state index >= 15 is 0 Å². The van der Waals surface area contributed by atoms with Gasteiger partial charge in [0.2, 0.25) is 5.91 Å². The molecule has 1 heterocycles. The lowest BCUT2D eigenvalue weighted by Crippen LogP contribution is -2.46. The minimum atomic E-state index is 0.0652. The van der Waals surface area contributed by atoms with E-state index in [1.54, 1.807) is 18.9 Å². The second-order valence-electron chi connectivity index (χ2n) is 7.99. The van der Waals surface area contributed by atoms with E-state index in [1.807, 2.05) is 30.5 Å². The quantitative estimate of drug-likeness (QED) is 0.519. The number of hydrogen-bond donors (Lipinski definition) is 1. The van der Waals surface area contributed by atoms with E-state index in [1.165, 1.54) is 37.1 Å². The molecule has 0 bridgehead atoms. The lowest BCUT2D eigenvalue weighted by molar-refractivity contribution is -0.113. The Morgan fingerprint density at radius 3 is 2.61 bits per heavy atom. The first-order valence-electron chi connectivity index (χ1n) is 11.2. The Kier molecular flexibility index (Phi) is 9.56. The molecule has 0 radical (unpaired) electrons. The van der Waals surface area contributed by atoms with Gasteiger partial charge in [-0.1, -0.05) is 30.7 Å². The minimum Gasteiger partial charge on any atom is -0.495 e. The third-order valence-electron chi connectivity index (χ3n) is 5.72. The Labute approximate surface area is 191 Å². The summed E-state index contributed by atoms with van der Waals surface area (Å²) in [4.78, 5) is 16.8. The molecule has 1 aliphatic heterocycles. The van der Waals surface area contributed by atoms with E-state index < -0.39 is 0 Å². The summed E-state index contributed by atoms with van der Waals surface area (Å²) in [7, 11) is 1.74. The zero-order valence-corrected chi connectivity index (χ0v) is 19.6. The molecule has 0 saturated carbocycles. The van der Waals surface area contributed by atoms with Crippen LogP contribution in [-0.2, 0) is 11.2 Å². The first-order valence-corrected chi connectivity index (χ1v) is 12.6.